The maximum Gasteiger partial charge on any atom is 0.353 e. The summed E-state index contributed by atoms with van der Waals surface area (Å²) in [5, 5.41) is 24.3. The molecule has 2 aliphatic heterocycles. The van der Waals surface area contributed by atoms with E-state index in [2.05, 4.69) is 29.8 Å². The number of nitrogens with one attached hydrogen (secondary N) is 1. The van der Waals surface area contributed by atoms with Crippen molar-refractivity contribution in [3.8, 4) is 0 Å². The summed E-state index contributed by atoms with van der Waals surface area (Å²) in [5.74, 6) is -2.86. The van der Waals surface area contributed by atoms with Crippen LogP contribution in [0.3, 0.4) is 0 Å². The monoisotopic (exact) mass is 477 g/mol. The third kappa shape index (κ3) is 3.80. The molecule has 166 valence electrons. The quantitative estimate of drug-likeness (QED) is 0.150. The summed E-state index contributed by atoms with van der Waals surface area (Å²) in [6, 6.07) is -1.56. The highest BCUT2D eigenvalue weighted by Gasteiger charge is 2.53. The first-order valence-corrected chi connectivity index (χ1v) is 10.6. The molecule has 2 aliphatic rings. The number of nitrogen functional groups attached to an aromatic ring is 2. The van der Waals surface area contributed by atoms with E-state index in [1.54, 1.807) is 0 Å². The third-order valence-electron chi connectivity index (χ3n) is 4.74. The van der Waals surface area contributed by atoms with Crippen molar-refractivity contribution in [3.05, 3.63) is 28.8 Å². The number of rotatable bonds is 6. The Morgan fingerprint density at radius 3 is 2.62 bits per heavy atom. The van der Waals surface area contributed by atoms with Crippen LogP contribution < -0.4 is 16.8 Å². The second kappa shape index (κ2) is 8.39. The van der Waals surface area contributed by atoms with E-state index in [0.717, 1.165) is 28.2 Å². The van der Waals surface area contributed by atoms with Gasteiger partial charge in [-0.2, -0.15) is 9.36 Å². The lowest BCUT2D eigenvalue weighted by molar-refractivity contribution is -0.155. The summed E-state index contributed by atoms with van der Waals surface area (Å²) in [5.41, 5.74) is 10.3. The van der Waals surface area contributed by atoms with Gasteiger partial charge in [0.15, 0.2) is 5.13 Å². The van der Waals surface area contributed by atoms with Crippen molar-refractivity contribution in [3.63, 3.8) is 0 Å². The highest BCUT2D eigenvalue weighted by atomic mass is 32.2. The minimum absolute atomic E-state index is 0.0693. The molecule has 32 heavy (non-hydrogen) atoms. The van der Waals surface area contributed by atoms with E-state index in [-0.39, 0.29) is 22.6 Å². The van der Waals surface area contributed by atoms with Gasteiger partial charge in [-0.1, -0.05) is 16.9 Å². The smallest absolute Gasteiger partial charge is 0.353 e. The number of carboxylic acid groups (broad SMARTS) is 1. The van der Waals surface area contributed by atoms with Gasteiger partial charge in [-0.15, -0.1) is 0 Å². The first kappa shape index (κ1) is 21.4. The fourth-order valence-electron chi connectivity index (χ4n) is 3.38. The van der Waals surface area contributed by atoms with Gasteiger partial charge < -0.3 is 27.1 Å². The summed E-state index contributed by atoms with van der Waals surface area (Å²) in [4.78, 5) is 50.9. The summed E-state index contributed by atoms with van der Waals surface area (Å²) in [7, 11) is 0. The number of β-lactam (4-membered cyclic amide) rings is 1. The van der Waals surface area contributed by atoms with Crippen LogP contribution in [0.2, 0.25) is 0 Å². The van der Waals surface area contributed by atoms with Crippen LogP contribution in [0.25, 0.3) is 0 Å². The van der Waals surface area contributed by atoms with Crippen LogP contribution in [0, 0.1) is 0 Å². The largest absolute Gasteiger partial charge is 0.477 e. The van der Waals surface area contributed by atoms with Crippen molar-refractivity contribution in [2.45, 2.75) is 29.8 Å². The summed E-state index contributed by atoms with van der Waals surface area (Å²) in [6.45, 7) is 0. The zero-order chi connectivity index (χ0) is 23.0. The predicted molar refractivity (Wildman–Crippen MR) is 111 cm³/mol. The minimum atomic E-state index is -1.27. The number of aliphatic carboxylic acids is 1. The van der Waals surface area contributed by atoms with Gasteiger partial charge in [0.2, 0.25) is 17.5 Å². The second-order valence-electron chi connectivity index (χ2n) is 6.63. The highest BCUT2D eigenvalue weighted by molar-refractivity contribution is 8.03. The molecule has 1 fully saturated rings. The molecule has 14 nitrogen and oxygen atoms in total. The molecule has 2 atom stereocenters. The number of anilines is 2. The van der Waals surface area contributed by atoms with Gasteiger partial charge in [0, 0.05) is 33.7 Å². The molecule has 0 saturated carbocycles. The summed E-state index contributed by atoms with van der Waals surface area (Å²) < 4.78 is 3.80. The number of thioether (sulfide) groups is 1. The molecule has 7 N–H and O–H groups in total. The van der Waals surface area contributed by atoms with E-state index >= 15 is 0 Å². The molecule has 0 bridgehead atoms. The number of fused-ring (bicyclic) bond motifs is 1. The van der Waals surface area contributed by atoms with Crippen LogP contribution in [0.4, 0.5) is 11.1 Å². The normalized spacial score (nSPS) is 20.6. The Balaban J connectivity index is 1.52. The zero-order valence-electron chi connectivity index (χ0n) is 16.0. The Hall–Kier alpha value is -3.79. The zero-order valence-corrected chi connectivity index (χ0v) is 17.6. The first-order valence-electron chi connectivity index (χ1n) is 8.97. The standard InChI is InChI=1S/C16H15N9O5S2/c17-15-19-3-5(4-20-15)31-7-2-1-6-8(13(27)25(6)10(7)14(28)29)21-12(26)9(23-30)11-22-16(18)32-24-11/h3-4,6,8,30H,1-2H2,(H,21,26)(H,28,29)(H2,17,19,20)(H2,18,22,24)/b23-9-/t6-,8+/m1/s1. The number of carboxylic acids is 1. The van der Waals surface area contributed by atoms with E-state index in [1.165, 1.54) is 12.4 Å². The summed E-state index contributed by atoms with van der Waals surface area (Å²) in [6.07, 6.45) is 3.67. The number of nitrogens with two attached hydrogens (primary N) is 2. The lowest BCUT2D eigenvalue weighted by Crippen LogP contribution is -2.72. The lowest BCUT2D eigenvalue weighted by Gasteiger charge is -2.50. The molecule has 0 radical (unpaired) electrons. The number of aromatic nitrogens is 4. The van der Waals surface area contributed by atoms with Crippen LogP contribution >= 0.6 is 23.3 Å². The molecule has 2 aromatic heterocycles. The van der Waals surface area contributed by atoms with Crippen LogP contribution in [-0.2, 0) is 14.4 Å². The molecule has 1 saturated heterocycles. The number of carbonyl (C=O) groups excluding carboxylic acids is 2. The Morgan fingerprint density at radius 2 is 2.03 bits per heavy atom. The van der Waals surface area contributed by atoms with Crippen molar-refractivity contribution in [2.75, 3.05) is 11.5 Å². The van der Waals surface area contributed by atoms with Crippen molar-refractivity contribution >= 4 is 57.9 Å². The molecule has 16 heteroatoms. The third-order valence-corrected chi connectivity index (χ3v) is 6.37. The van der Waals surface area contributed by atoms with Crippen molar-refractivity contribution in [2.24, 2.45) is 5.16 Å². The van der Waals surface area contributed by atoms with Crippen LogP contribution in [0.15, 0.2) is 33.0 Å². The Bertz CT molecular complexity index is 1160. The average Bonchev–Trinajstić information content (AvgIpc) is 3.19. The molecular weight excluding hydrogens is 462 g/mol. The van der Waals surface area contributed by atoms with Gasteiger partial charge in [0.05, 0.1) is 6.04 Å². The molecule has 0 unspecified atom stereocenters. The predicted octanol–water partition coefficient (Wildman–Crippen LogP) is -0.751. The number of carbonyl (C=O) groups is 3. The van der Waals surface area contributed by atoms with Gasteiger partial charge in [-0.3, -0.25) is 14.5 Å². The van der Waals surface area contributed by atoms with E-state index in [1.807, 2.05) is 0 Å². The van der Waals surface area contributed by atoms with Gasteiger partial charge in [0.25, 0.3) is 11.8 Å². The van der Waals surface area contributed by atoms with E-state index in [4.69, 9.17) is 11.5 Å². The summed E-state index contributed by atoms with van der Waals surface area (Å²) >= 11 is 1.94. The Kier molecular flexibility index (Phi) is 5.62. The number of amides is 2. The molecule has 4 heterocycles. The molecule has 4 rings (SSSR count). The number of hydrogen-bond acceptors (Lipinski definition) is 13. The van der Waals surface area contributed by atoms with Crippen molar-refractivity contribution in [1.82, 2.24) is 29.5 Å². The van der Waals surface area contributed by atoms with Crippen LogP contribution in [0.5, 0.6) is 0 Å². The van der Waals surface area contributed by atoms with Gasteiger partial charge in [-0.25, -0.2) is 14.8 Å². The van der Waals surface area contributed by atoms with Gasteiger partial charge in [-0.05, 0) is 12.8 Å². The maximum absolute atomic E-state index is 12.8. The number of nitrogens with zero attached hydrogens (tertiary/aromatic N) is 6. The SMILES string of the molecule is Nc1ncc(SC2=C(C(=O)O)N3C(=O)[C@@H](NC(=O)/C(=N\O)c4nsc(N)n4)[C@H]3CC2)cn1. The molecule has 0 aromatic carbocycles. The molecule has 0 aliphatic carbocycles. The Morgan fingerprint density at radius 1 is 1.31 bits per heavy atom. The topological polar surface area (TPSA) is 223 Å². The minimum Gasteiger partial charge on any atom is -0.477 e. The maximum atomic E-state index is 12.8. The van der Waals surface area contributed by atoms with E-state index in [0.29, 0.717) is 22.6 Å². The van der Waals surface area contributed by atoms with Crippen molar-refractivity contribution < 1.29 is 24.7 Å². The highest BCUT2D eigenvalue weighted by Crippen LogP contribution is 2.42. The lowest BCUT2D eigenvalue weighted by atomic mass is 9.86. The van der Waals surface area contributed by atoms with Crippen LogP contribution in [0.1, 0.15) is 18.7 Å². The molecule has 0 spiro atoms. The first-order chi connectivity index (χ1) is 15.3. The number of hydrogen-bond donors (Lipinski definition) is 5. The van der Waals surface area contributed by atoms with Gasteiger partial charge >= 0.3 is 5.97 Å². The number of allylic oxidation sites excluding steroid dienone is 1. The van der Waals surface area contributed by atoms with E-state index in [9.17, 15) is 24.7 Å². The molecule has 2 amide bonds. The van der Waals surface area contributed by atoms with Crippen molar-refractivity contribution in [1.29, 1.82) is 0 Å². The molecular formula is C16H15N9O5S2. The molecule has 2 aromatic rings. The average molecular weight is 477 g/mol. The number of oxime groups is 1. The van der Waals surface area contributed by atoms with E-state index < -0.39 is 35.6 Å². The van der Waals surface area contributed by atoms with Crippen LogP contribution in [-0.4, -0.2) is 70.1 Å². The second-order valence-corrected chi connectivity index (χ2v) is 8.58. The fraction of sp³-hybridized carbons (Fsp3) is 0.250. The Labute approximate surface area is 187 Å². The fourth-order valence-corrected chi connectivity index (χ4v) is 4.81. The van der Waals surface area contributed by atoms with Gasteiger partial charge in [0.1, 0.15) is 11.7 Å².